The SMILES string of the molecule is C[C@@H]1O[C@@H](O[C@@H]2[C@H](O)[C@@H](OC[C@H]3O[C@@H]4O[C@H]5[C@H](O)[C@@H](O)[C@@H](O[C@H]6[C@H](O)[C@@H](O)[C@@H](O[C@H]7[C@H](O)[C@@H](O)[C@@H](O[C@H]8[C@H](O)[C@@H](O)[C@@H](O[C@H]9[C@H](O)[C@@H](O)[C@@H](O[C@H]%10[C@H](O)[C@@H](O)[C@@H](O[C@H]3[C@H](O)[C@H]4O)O[C@@H]%10CO)O[C@@H]9CO)O[C@@H]8CO)O[C@@H]7CO[C@H]3O[C@H](CO)[C@@H](O)[C@H](O[C@@H]4O[C@@H](C)[C@@H](O)[C@@H](O)[C@@H]4O)[C@@H]3O)O[C@@H]6CO)O[C@@H]5CO)O[C@H](CO)[C@H]2O)[C@@H](O)[C@H](O)[C@@H]1O. The van der Waals surface area contributed by atoms with Gasteiger partial charge in [0.2, 0.25) is 0 Å². The molecule has 25 heterocycles. The lowest BCUT2D eigenvalue weighted by atomic mass is 9.95. The Hall–Kier alpha value is -2.12. The molecule has 0 unspecified atom stereocenters. The molecule has 55 atom stereocenters. The number of rotatable bonds is 17. The standard InChI is InChI=1S/C66H110O53/c1-12-23(74)27(78)36(87)58(100-12)118-54-25(76)14(3-67)102-56(45(54)96)98-10-21-52-35(86)44(95)66(110-21)115-51-20(9-73)106-62(40(91)31(51)82)113-49-18(7-71)108-64(42(93)33(49)84)117-53-22(11-99-57-46(97)55(26(77)15(4-68)103-57)119-59-37(88)28(79)24(75)13(2)101-59)109-65(43(94)34(53)85)114-50-19(8-72)105-61(39(90)30(50)81)111-47-16(5-69)104-60(38(89)29(47)80)112-48-17(6-70)107-63(116-52)41(92)32(48)83/h12-97H,3-11H2,1-2H3/t12-,13-,14+,15+,16+,17+,18+,19+,20+,21+,22+,23+,24+,25+,26+,27+,28+,29+,30+,31+,32+,33+,34+,35+,36-,37-,38+,39+,40+,41+,42+,43+,44+,45-,46-,47+,48+,49+,50+,51+,52+,53+,54-,55-,56-,57-,58-,59-,60+,61+,62+,63+,64+,65+,66+/m0/s1. The molecule has 25 saturated heterocycles. The highest BCUT2D eigenvalue weighted by Crippen LogP contribution is 2.42. The lowest BCUT2D eigenvalue weighted by molar-refractivity contribution is -0.400. The summed E-state index contributed by atoms with van der Waals surface area (Å²) in [5, 5.41) is 350. The molecule has 0 amide bonds. The van der Waals surface area contributed by atoms with Crippen LogP contribution in [0.2, 0.25) is 0 Å². The zero-order valence-corrected chi connectivity index (χ0v) is 63.0. The van der Waals surface area contributed by atoms with Gasteiger partial charge in [-0.3, -0.25) is 0 Å². The predicted octanol–water partition coefficient (Wildman–Crippen LogP) is -21.9. The van der Waals surface area contributed by atoms with Crippen LogP contribution < -0.4 is 0 Å². The highest BCUT2D eigenvalue weighted by molar-refractivity contribution is 5.04. The highest BCUT2D eigenvalue weighted by Gasteiger charge is 2.62. The van der Waals surface area contributed by atoms with E-state index in [9.17, 15) is 158 Å². The third kappa shape index (κ3) is 19.5. The van der Waals surface area contributed by atoms with Crippen LogP contribution in [-0.4, -0.2) is 556 Å². The average molecular weight is 1750 g/mol. The summed E-state index contributed by atoms with van der Waals surface area (Å²) in [6.45, 7) is -7.90. The van der Waals surface area contributed by atoms with E-state index in [1.54, 1.807) is 0 Å². The Morgan fingerprint density at radius 2 is 0.378 bits per heavy atom. The van der Waals surface area contributed by atoms with E-state index in [2.05, 4.69) is 0 Å². The molecule has 31 N–H and O–H groups in total. The topological polar surface area (TPSA) is 830 Å². The molecule has 0 aromatic rings. The maximum atomic E-state index is 12.1. The fourth-order valence-corrected chi connectivity index (χ4v) is 16.0. The van der Waals surface area contributed by atoms with Gasteiger partial charge < -0.3 is 263 Å². The molecule has 25 rings (SSSR count). The molecule has 53 heteroatoms. The zero-order valence-electron chi connectivity index (χ0n) is 63.0. The molecular formula is C66H110O53. The Bertz CT molecular complexity index is 3020. The van der Waals surface area contributed by atoms with E-state index in [-0.39, 0.29) is 0 Å². The quantitative estimate of drug-likeness (QED) is 0.0643. The third-order valence-corrected chi connectivity index (χ3v) is 23.1. The van der Waals surface area contributed by atoms with Crippen molar-refractivity contribution in [3.8, 4) is 0 Å². The fraction of sp³-hybridized carbons (Fsp3) is 1.00. The Morgan fingerprint density at radius 1 is 0.176 bits per heavy atom. The second-order valence-corrected chi connectivity index (χ2v) is 30.9. The van der Waals surface area contributed by atoms with Crippen molar-refractivity contribution in [2.24, 2.45) is 0 Å². The number of aliphatic hydroxyl groups is 31. The van der Waals surface area contributed by atoms with Gasteiger partial charge in [-0.2, -0.15) is 0 Å². The average Bonchev–Trinajstić information content (AvgIpc) is 0.836. The van der Waals surface area contributed by atoms with Gasteiger partial charge in [-0.05, 0) is 13.8 Å². The number of aliphatic hydroxyl groups excluding tert-OH is 31. The number of hydrogen-bond acceptors (Lipinski definition) is 53. The summed E-state index contributed by atoms with van der Waals surface area (Å²) in [6.07, 6.45) is -116. The third-order valence-electron chi connectivity index (χ3n) is 23.1. The first-order chi connectivity index (χ1) is 56.4. The van der Waals surface area contributed by atoms with Crippen molar-refractivity contribution in [3.05, 3.63) is 0 Å². The molecule has 0 spiro atoms. The van der Waals surface area contributed by atoms with Crippen molar-refractivity contribution in [2.45, 2.75) is 352 Å². The predicted molar refractivity (Wildman–Crippen MR) is 356 cm³/mol. The van der Waals surface area contributed by atoms with E-state index in [1.807, 2.05) is 0 Å². The van der Waals surface area contributed by atoms with Crippen molar-refractivity contribution in [3.63, 3.8) is 0 Å². The Kier molecular flexibility index (Phi) is 32.8. The van der Waals surface area contributed by atoms with E-state index in [0.717, 1.165) is 0 Å². The summed E-state index contributed by atoms with van der Waals surface area (Å²) in [6, 6.07) is 0. The van der Waals surface area contributed by atoms with Crippen molar-refractivity contribution in [2.75, 3.05) is 59.5 Å². The summed E-state index contributed by atoms with van der Waals surface area (Å²) in [5.41, 5.74) is 0. The molecule has 119 heavy (non-hydrogen) atoms. The Labute approximate surface area is 672 Å². The minimum absolute atomic E-state index is 1.05. The van der Waals surface area contributed by atoms with Gasteiger partial charge in [0.1, 0.15) is 256 Å². The Morgan fingerprint density at radius 3 is 0.588 bits per heavy atom. The first-order valence-corrected chi connectivity index (χ1v) is 38.4. The molecule has 25 aliphatic heterocycles. The van der Waals surface area contributed by atoms with Gasteiger partial charge in [0.05, 0.1) is 71.7 Å². The van der Waals surface area contributed by atoms with Crippen molar-refractivity contribution in [1.82, 2.24) is 0 Å². The van der Waals surface area contributed by atoms with Crippen LogP contribution in [0.15, 0.2) is 0 Å². The molecule has 0 aromatic carbocycles. The second-order valence-electron chi connectivity index (χ2n) is 30.9. The van der Waals surface area contributed by atoms with E-state index in [4.69, 9.17) is 104 Å². The van der Waals surface area contributed by atoms with E-state index in [1.165, 1.54) is 13.8 Å². The molecule has 53 nitrogen and oxygen atoms in total. The molecule has 0 saturated carbocycles. The van der Waals surface area contributed by atoms with Crippen LogP contribution in [0.25, 0.3) is 0 Å². The maximum Gasteiger partial charge on any atom is 0.187 e. The molecule has 25 fully saturated rings. The minimum Gasteiger partial charge on any atom is -0.394 e. The molecule has 0 aromatic heterocycles. The largest absolute Gasteiger partial charge is 0.394 e. The second kappa shape index (κ2) is 40.7. The van der Waals surface area contributed by atoms with Crippen molar-refractivity contribution >= 4 is 0 Å². The molecule has 25 aliphatic rings. The Balaban J connectivity index is 0.844. The monoisotopic (exact) mass is 1750 g/mol. The summed E-state index contributed by atoms with van der Waals surface area (Å²) >= 11 is 0. The summed E-state index contributed by atoms with van der Waals surface area (Å²) in [7, 11) is 0. The first-order valence-electron chi connectivity index (χ1n) is 38.4. The van der Waals surface area contributed by atoms with E-state index >= 15 is 0 Å². The van der Waals surface area contributed by atoms with Gasteiger partial charge >= 0.3 is 0 Å². The van der Waals surface area contributed by atoms with Crippen LogP contribution in [0, 0.1) is 0 Å². The first kappa shape index (κ1) is 96.0. The number of hydrogen-bond donors (Lipinski definition) is 31. The summed E-state index contributed by atoms with van der Waals surface area (Å²) in [4.78, 5) is 0. The summed E-state index contributed by atoms with van der Waals surface area (Å²) < 4.78 is 128. The van der Waals surface area contributed by atoms with Gasteiger partial charge in [-0.15, -0.1) is 0 Å². The normalized spacial score (nSPS) is 55.7. The van der Waals surface area contributed by atoms with Crippen molar-refractivity contribution < 1.29 is 263 Å². The van der Waals surface area contributed by atoms with Crippen LogP contribution in [-0.2, 0) is 104 Å². The molecule has 0 aliphatic carbocycles. The highest BCUT2D eigenvalue weighted by atomic mass is 16.8. The lowest BCUT2D eigenvalue weighted by Gasteiger charge is -2.50. The zero-order chi connectivity index (χ0) is 86.7. The minimum atomic E-state index is -2.48. The fourth-order valence-electron chi connectivity index (χ4n) is 16.0. The molecule has 692 valence electrons. The summed E-state index contributed by atoms with van der Waals surface area (Å²) in [5.74, 6) is 0. The smallest absolute Gasteiger partial charge is 0.187 e. The number of ether oxygens (including phenoxy) is 22. The molecular weight excluding hydrogens is 1640 g/mol. The molecule has 0 radical (unpaired) electrons. The van der Waals surface area contributed by atoms with Gasteiger partial charge in [-0.25, -0.2) is 0 Å². The maximum absolute atomic E-state index is 12.1. The van der Waals surface area contributed by atoms with Gasteiger partial charge in [-0.1, -0.05) is 0 Å². The van der Waals surface area contributed by atoms with Gasteiger partial charge in [0.15, 0.2) is 69.2 Å². The van der Waals surface area contributed by atoms with Gasteiger partial charge in [0, 0.05) is 0 Å². The van der Waals surface area contributed by atoms with Crippen molar-refractivity contribution in [1.29, 1.82) is 0 Å². The molecule has 14 bridgehead atoms. The van der Waals surface area contributed by atoms with Crippen LogP contribution in [0.3, 0.4) is 0 Å². The van der Waals surface area contributed by atoms with Crippen LogP contribution >= 0.6 is 0 Å². The van der Waals surface area contributed by atoms with Gasteiger partial charge in [0.25, 0.3) is 0 Å². The van der Waals surface area contributed by atoms with E-state index in [0.29, 0.717) is 0 Å². The lowest BCUT2D eigenvalue weighted by Crippen LogP contribution is -2.68. The van der Waals surface area contributed by atoms with Crippen LogP contribution in [0.1, 0.15) is 13.8 Å². The van der Waals surface area contributed by atoms with Crippen LogP contribution in [0.4, 0.5) is 0 Å². The van der Waals surface area contributed by atoms with Crippen LogP contribution in [0.5, 0.6) is 0 Å². The van der Waals surface area contributed by atoms with E-state index < -0.39 is 397 Å².